The lowest BCUT2D eigenvalue weighted by Gasteiger charge is -2.26. The fraction of sp³-hybridized carbons (Fsp3) is 0.647. The van der Waals surface area contributed by atoms with Crippen LogP contribution in [0.5, 0.6) is 0 Å². The average Bonchev–Trinajstić information content (AvgIpc) is 2.67. The third-order valence-electron chi connectivity index (χ3n) is 5.46. The van der Waals surface area contributed by atoms with Crippen LogP contribution in [-0.2, 0) is 5.41 Å². The highest BCUT2D eigenvalue weighted by atomic mass is 15.0. The second kappa shape index (κ2) is 4.24. The minimum atomic E-state index is 0.127. The quantitative estimate of drug-likeness (QED) is 0.812. The van der Waals surface area contributed by atoms with Crippen molar-refractivity contribution in [3.05, 3.63) is 29.8 Å². The maximum atomic E-state index is 5.76. The Morgan fingerprint density at radius 2 is 1.53 bits per heavy atom. The second-order valence-corrected chi connectivity index (χ2v) is 7.76. The lowest BCUT2D eigenvalue weighted by Crippen LogP contribution is -2.36. The number of hydrogen-bond acceptors (Lipinski definition) is 2. The predicted molar refractivity (Wildman–Crippen MR) is 83.2 cm³/mol. The van der Waals surface area contributed by atoms with Gasteiger partial charge in [-0.25, -0.2) is 0 Å². The standard InChI is InChI=1S/C17H28N2/c1-15(2,12-7-9-13(18)10-8-12)11-19-14-16(3,4)17(14,5)6/h7-10,14,19H,11,18H2,1-6H3. The third-order valence-corrected chi connectivity index (χ3v) is 5.46. The summed E-state index contributed by atoms with van der Waals surface area (Å²) in [5.74, 6) is 0. The zero-order chi connectivity index (χ0) is 14.5. The third kappa shape index (κ3) is 2.38. The molecular formula is C17H28N2. The van der Waals surface area contributed by atoms with Crippen LogP contribution in [0.25, 0.3) is 0 Å². The Morgan fingerprint density at radius 3 is 1.95 bits per heavy atom. The van der Waals surface area contributed by atoms with Crippen molar-refractivity contribution in [2.45, 2.75) is 53.0 Å². The minimum Gasteiger partial charge on any atom is -0.399 e. The molecule has 0 saturated heterocycles. The van der Waals surface area contributed by atoms with Gasteiger partial charge < -0.3 is 11.1 Å². The van der Waals surface area contributed by atoms with Gasteiger partial charge in [0, 0.05) is 23.7 Å². The monoisotopic (exact) mass is 260 g/mol. The molecule has 3 N–H and O–H groups in total. The van der Waals surface area contributed by atoms with Gasteiger partial charge in [0.2, 0.25) is 0 Å². The number of hydrogen-bond donors (Lipinski definition) is 2. The van der Waals surface area contributed by atoms with E-state index in [0.29, 0.717) is 16.9 Å². The molecule has 0 aliphatic heterocycles. The Labute approximate surface area is 117 Å². The summed E-state index contributed by atoms with van der Waals surface area (Å²) in [5.41, 5.74) is 8.84. The van der Waals surface area contributed by atoms with Crippen LogP contribution in [0.3, 0.4) is 0 Å². The van der Waals surface area contributed by atoms with Crippen LogP contribution in [0.4, 0.5) is 5.69 Å². The Morgan fingerprint density at radius 1 is 1.05 bits per heavy atom. The zero-order valence-electron chi connectivity index (χ0n) is 13.2. The normalized spacial score (nSPS) is 21.4. The van der Waals surface area contributed by atoms with Crippen LogP contribution in [0.2, 0.25) is 0 Å². The molecule has 1 aliphatic rings. The van der Waals surface area contributed by atoms with Crippen molar-refractivity contribution in [1.29, 1.82) is 0 Å². The van der Waals surface area contributed by atoms with Crippen LogP contribution < -0.4 is 11.1 Å². The van der Waals surface area contributed by atoms with Crippen LogP contribution in [0, 0.1) is 10.8 Å². The Kier molecular flexibility index (Phi) is 3.21. The number of benzene rings is 1. The molecule has 0 bridgehead atoms. The SMILES string of the molecule is CC(C)(CNC1C(C)(C)C1(C)C)c1ccc(N)cc1. The molecule has 0 spiro atoms. The van der Waals surface area contributed by atoms with Gasteiger partial charge in [-0.2, -0.15) is 0 Å². The Balaban J connectivity index is 2.01. The molecule has 0 unspecified atom stereocenters. The molecule has 1 aromatic carbocycles. The van der Waals surface area contributed by atoms with E-state index >= 15 is 0 Å². The number of anilines is 1. The summed E-state index contributed by atoms with van der Waals surface area (Å²) in [5, 5.41) is 3.76. The van der Waals surface area contributed by atoms with Crippen molar-refractivity contribution in [1.82, 2.24) is 5.32 Å². The largest absolute Gasteiger partial charge is 0.399 e. The molecule has 0 aromatic heterocycles. The smallest absolute Gasteiger partial charge is 0.0314 e. The molecule has 1 fully saturated rings. The maximum absolute atomic E-state index is 5.76. The van der Waals surface area contributed by atoms with E-state index in [-0.39, 0.29) is 5.41 Å². The summed E-state index contributed by atoms with van der Waals surface area (Å²) < 4.78 is 0. The van der Waals surface area contributed by atoms with Crippen LogP contribution in [-0.4, -0.2) is 12.6 Å². The molecule has 2 rings (SSSR count). The van der Waals surface area contributed by atoms with E-state index < -0.39 is 0 Å². The van der Waals surface area contributed by atoms with Crippen LogP contribution in [0.1, 0.15) is 47.1 Å². The first-order valence-corrected chi connectivity index (χ1v) is 7.18. The molecule has 19 heavy (non-hydrogen) atoms. The van der Waals surface area contributed by atoms with E-state index in [2.05, 4.69) is 59.0 Å². The van der Waals surface area contributed by atoms with E-state index in [0.717, 1.165) is 12.2 Å². The van der Waals surface area contributed by atoms with E-state index in [4.69, 9.17) is 5.73 Å². The van der Waals surface area contributed by atoms with Gasteiger partial charge in [-0.1, -0.05) is 53.7 Å². The second-order valence-electron chi connectivity index (χ2n) is 7.76. The molecular weight excluding hydrogens is 232 g/mol. The van der Waals surface area contributed by atoms with Crippen molar-refractivity contribution < 1.29 is 0 Å². The summed E-state index contributed by atoms with van der Waals surface area (Å²) >= 11 is 0. The summed E-state index contributed by atoms with van der Waals surface area (Å²) in [6.07, 6.45) is 0. The fourth-order valence-electron chi connectivity index (χ4n) is 3.10. The molecule has 1 saturated carbocycles. The molecule has 0 amide bonds. The summed E-state index contributed by atoms with van der Waals surface area (Å²) in [7, 11) is 0. The maximum Gasteiger partial charge on any atom is 0.0314 e. The van der Waals surface area contributed by atoms with Gasteiger partial charge in [-0.05, 0) is 28.5 Å². The molecule has 2 nitrogen and oxygen atoms in total. The van der Waals surface area contributed by atoms with E-state index in [9.17, 15) is 0 Å². The average molecular weight is 260 g/mol. The van der Waals surface area contributed by atoms with Crippen molar-refractivity contribution >= 4 is 5.69 Å². The molecule has 0 heterocycles. The van der Waals surface area contributed by atoms with Gasteiger partial charge in [0.15, 0.2) is 0 Å². The molecule has 106 valence electrons. The van der Waals surface area contributed by atoms with Gasteiger partial charge in [0.25, 0.3) is 0 Å². The highest BCUT2D eigenvalue weighted by Crippen LogP contribution is 2.62. The zero-order valence-corrected chi connectivity index (χ0v) is 13.2. The van der Waals surface area contributed by atoms with Crippen LogP contribution in [0.15, 0.2) is 24.3 Å². The molecule has 0 radical (unpaired) electrons. The van der Waals surface area contributed by atoms with Gasteiger partial charge in [0.1, 0.15) is 0 Å². The summed E-state index contributed by atoms with van der Waals surface area (Å²) in [6, 6.07) is 8.86. The molecule has 0 atom stereocenters. The molecule has 1 aromatic rings. The van der Waals surface area contributed by atoms with Crippen molar-refractivity contribution in [3.63, 3.8) is 0 Å². The first-order valence-electron chi connectivity index (χ1n) is 7.18. The first kappa shape index (κ1) is 14.4. The number of nitrogens with one attached hydrogen (secondary N) is 1. The summed E-state index contributed by atoms with van der Waals surface area (Å²) in [4.78, 5) is 0. The van der Waals surface area contributed by atoms with E-state index in [1.807, 2.05) is 12.1 Å². The lowest BCUT2D eigenvalue weighted by atomic mass is 9.84. The van der Waals surface area contributed by atoms with Gasteiger partial charge in [0.05, 0.1) is 0 Å². The summed E-state index contributed by atoms with van der Waals surface area (Å²) in [6.45, 7) is 15.0. The van der Waals surface area contributed by atoms with E-state index in [1.54, 1.807) is 0 Å². The highest BCUT2D eigenvalue weighted by molar-refractivity contribution is 5.41. The van der Waals surface area contributed by atoms with Crippen molar-refractivity contribution in [2.75, 3.05) is 12.3 Å². The highest BCUT2D eigenvalue weighted by Gasteiger charge is 2.64. The number of nitrogens with two attached hydrogens (primary N) is 1. The van der Waals surface area contributed by atoms with Crippen molar-refractivity contribution in [2.24, 2.45) is 10.8 Å². The van der Waals surface area contributed by atoms with Gasteiger partial charge >= 0.3 is 0 Å². The minimum absolute atomic E-state index is 0.127. The first-order chi connectivity index (χ1) is 8.59. The van der Waals surface area contributed by atoms with Gasteiger partial charge in [-0.15, -0.1) is 0 Å². The molecule has 2 heteroatoms. The number of nitrogen functional groups attached to an aromatic ring is 1. The topological polar surface area (TPSA) is 38.0 Å². The van der Waals surface area contributed by atoms with Crippen LogP contribution >= 0.6 is 0 Å². The predicted octanol–water partition coefficient (Wildman–Crippen LogP) is 3.57. The lowest BCUT2D eigenvalue weighted by molar-refractivity contribution is 0.440. The number of rotatable bonds is 4. The van der Waals surface area contributed by atoms with E-state index in [1.165, 1.54) is 5.56 Å². The fourth-order valence-corrected chi connectivity index (χ4v) is 3.10. The Hall–Kier alpha value is -1.02. The van der Waals surface area contributed by atoms with Crippen molar-refractivity contribution in [3.8, 4) is 0 Å². The Bertz CT molecular complexity index is 441. The molecule has 1 aliphatic carbocycles. The van der Waals surface area contributed by atoms with Gasteiger partial charge in [-0.3, -0.25) is 0 Å².